The highest BCUT2D eigenvalue weighted by atomic mass is 16.5. The van der Waals surface area contributed by atoms with Crippen molar-refractivity contribution in [3.63, 3.8) is 0 Å². The molecule has 0 aromatic rings. The molecule has 1 N–H and O–H groups in total. The Labute approximate surface area is 117 Å². The van der Waals surface area contributed by atoms with E-state index in [1.54, 1.807) is 0 Å². The largest absolute Gasteiger partial charge is 0.390 e. The fourth-order valence-electron chi connectivity index (χ4n) is 4.23. The van der Waals surface area contributed by atoms with Crippen LogP contribution in [0, 0.1) is 0 Å². The number of likely N-dealkylation sites (tertiary alicyclic amines) is 1. The molecule has 0 amide bonds. The Morgan fingerprint density at radius 3 is 2.42 bits per heavy atom. The normalized spacial score (nSPS) is 35.4. The van der Waals surface area contributed by atoms with Crippen molar-refractivity contribution >= 4 is 0 Å². The Morgan fingerprint density at radius 2 is 1.74 bits per heavy atom. The number of piperidine rings is 1. The number of ether oxygens (including phenoxy) is 1. The van der Waals surface area contributed by atoms with Gasteiger partial charge in [0.2, 0.25) is 0 Å². The van der Waals surface area contributed by atoms with Crippen molar-refractivity contribution in [3.05, 3.63) is 0 Å². The monoisotopic (exact) mass is 267 g/mol. The molecule has 3 rings (SSSR count). The van der Waals surface area contributed by atoms with Crippen LogP contribution in [-0.4, -0.2) is 46.9 Å². The minimum absolute atomic E-state index is 0.209. The number of hydrogen-bond donors (Lipinski definition) is 1. The lowest BCUT2D eigenvalue weighted by atomic mass is 9.77. The summed E-state index contributed by atoms with van der Waals surface area (Å²) in [6.07, 6.45) is 10.9. The van der Waals surface area contributed by atoms with Crippen LogP contribution in [0.2, 0.25) is 0 Å². The maximum absolute atomic E-state index is 10.1. The topological polar surface area (TPSA) is 32.7 Å². The first-order valence-corrected chi connectivity index (χ1v) is 8.19. The summed E-state index contributed by atoms with van der Waals surface area (Å²) < 4.78 is 6.19. The van der Waals surface area contributed by atoms with Gasteiger partial charge in [-0.3, -0.25) is 4.90 Å². The number of aliphatic hydroxyl groups is 1. The lowest BCUT2D eigenvalue weighted by molar-refractivity contribution is -0.131. The van der Waals surface area contributed by atoms with Crippen molar-refractivity contribution in [2.75, 3.05) is 19.7 Å². The molecule has 0 radical (unpaired) electrons. The first kappa shape index (κ1) is 13.8. The second kappa shape index (κ2) is 5.34. The molecule has 19 heavy (non-hydrogen) atoms. The zero-order valence-electron chi connectivity index (χ0n) is 12.4. The Kier molecular flexibility index (Phi) is 3.89. The van der Waals surface area contributed by atoms with Crippen LogP contribution in [0.25, 0.3) is 0 Å². The SMILES string of the molecule is CC1(O)CCN(C2CCOC3(CCCCC3)C2)CC1. The van der Waals surface area contributed by atoms with E-state index in [1.807, 2.05) is 6.92 Å². The van der Waals surface area contributed by atoms with Crippen LogP contribution in [0.3, 0.4) is 0 Å². The standard InChI is InChI=1S/C16H29NO2/c1-15(18)8-10-17(11-9-15)14-5-12-19-16(13-14)6-3-2-4-7-16/h14,18H,2-13H2,1H3. The van der Waals surface area contributed by atoms with Gasteiger partial charge in [0.05, 0.1) is 11.2 Å². The van der Waals surface area contributed by atoms with E-state index in [4.69, 9.17) is 4.74 Å². The van der Waals surface area contributed by atoms with Crippen LogP contribution < -0.4 is 0 Å². The van der Waals surface area contributed by atoms with Gasteiger partial charge in [0.15, 0.2) is 0 Å². The molecule has 2 saturated heterocycles. The molecule has 0 aromatic heterocycles. The average Bonchev–Trinajstić information content (AvgIpc) is 2.39. The highest BCUT2D eigenvalue weighted by Gasteiger charge is 2.41. The first-order chi connectivity index (χ1) is 9.09. The molecule has 0 aromatic carbocycles. The van der Waals surface area contributed by atoms with Gasteiger partial charge in [-0.05, 0) is 45.4 Å². The van der Waals surface area contributed by atoms with E-state index in [-0.39, 0.29) is 5.60 Å². The molecule has 2 heterocycles. The fraction of sp³-hybridized carbons (Fsp3) is 1.00. The van der Waals surface area contributed by atoms with E-state index >= 15 is 0 Å². The summed E-state index contributed by atoms with van der Waals surface area (Å²) in [5.41, 5.74) is -0.217. The van der Waals surface area contributed by atoms with Crippen LogP contribution in [0.4, 0.5) is 0 Å². The van der Waals surface area contributed by atoms with Gasteiger partial charge in [0, 0.05) is 25.7 Å². The van der Waals surface area contributed by atoms with Gasteiger partial charge >= 0.3 is 0 Å². The lowest BCUT2D eigenvalue weighted by Gasteiger charge is -2.48. The summed E-state index contributed by atoms with van der Waals surface area (Å²) in [6.45, 7) is 5.05. The van der Waals surface area contributed by atoms with Gasteiger partial charge in [0.25, 0.3) is 0 Å². The summed E-state index contributed by atoms with van der Waals surface area (Å²) in [6, 6.07) is 0.697. The highest BCUT2D eigenvalue weighted by molar-refractivity contribution is 4.94. The molecule has 1 atom stereocenters. The Balaban J connectivity index is 1.59. The van der Waals surface area contributed by atoms with E-state index in [0.29, 0.717) is 6.04 Å². The molecule has 1 aliphatic carbocycles. The zero-order valence-corrected chi connectivity index (χ0v) is 12.4. The quantitative estimate of drug-likeness (QED) is 0.793. The van der Waals surface area contributed by atoms with Crippen LogP contribution in [0.5, 0.6) is 0 Å². The van der Waals surface area contributed by atoms with Crippen LogP contribution in [-0.2, 0) is 4.74 Å². The van der Waals surface area contributed by atoms with Gasteiger partial charge in [-0.2, -0.15) is 0 Å². The summed E-state index contributed by atoms with van der Waals surface area (Å²) in [4.78, 5) is 2.62. The molecule has 3 heteroatoms. The maximum Gasteiger partial charge on any atom is 0.0697 e. The van der Waals surface area contributed by atoms with Gasteiger partial charge < -0.3 is 9.84 Å². The first-order valence-electron chi connectivity index (χ1n) is 8.19. The maximum atomic E-state index is 10.1. The molecule has 1 unspecified atom stereocenters. The minimum Gasteiger partial charge on any atom is -0.390 e. The molecule has 1 spiro atoms. The molecular weight excluding hydrogens is 238 g/mol. The Morgan fingerprint density at radius 1 is 1.05 bits per heavy atom. The predicted octanol–water partition coefficient (Wildman–Crippen LogP) is 2.72. The van der Waals surface area contributed by atoms with Crippen molar-refractivity contribution in [2.24, 2.45) is 0 Å². The second-order valence-corrected chi connectivity index (χ2v) is 7.27. The molecule has 110 valence electrons. The van der Waals surface area contributed by atoms with Crippen LogP contribution >= 0.6 is 0 Å². The van der Waals surface area contributed by atoms with Crippen molar-refractivity contribution in [1.82, 2.24) is 4.90 Å². The van der Waals surface area contributed by atoms with Gasteiger partial charge in [-0.1, -0.05) is 19.3 Å². The summed E-state index contributed by atoms with van der Waals surface area (Å²) >= 11 is 0. The van der Waals surface area contributed by atoms with Crippen molar-refractivity contribution in [3.8, 4) is 0 Å². The summed E-state index contributed by atoms with van der Waals surface area (Å²) in [5, 5.41) is 10.1. The molecule has 3 nitrogen and oxygen atoms in total. The number of hydrogen-bond acceptors (Lipinski definition) is 3. The third-order valence-electron chi connectivity index (χ3n) is 5.62. The third-order valence-corrected chi connectivity index (χ3v) is 5.62. The van der Waals surface area contributed by atoms with Crippen LogP contribution in [0.15, 0.2) is 0 Å². The Bertz CT molecular complexity index is 294. The van der Waals surface area contributed by atoms with Crippen molar-refractivity contribution < 1.29 is 9.84 Å². The van der Waals surface area contributed by atoms with Crippen LogP contribution in [0.1, 0.15) is 64.7 Å². The van der Waals surface area contributed by atoms with Gasteiger partial charge in [-0.25, -0.2) is 0 Å². The van der Waals surface area contributed by atoms with Crippen molar-refractivity contribution in [1.29, 1.82) is 0 Å². The second-order valence-electron chi connectivity index (χ2n) is 7.27. The zero-order chi connectivity index (χ0) is 13.3. The molecular formula is C16H29NO2. The van der Waals surface area contributed by atoms with E-state index in [0.717, 1.165) is 32.5 Å². The van der Waals surface area contributed by atoms with Gasteiger partial charge in [-0.15, -0.1) is 0 Å². The molecule has 1 saturated carbocycles. The van der Waals surface area contributed by atoms with E-state index in [9.17, 15) is 5.11 Å². The fourth-order valence-corrected chi connectivity index (χ4v) is 4.23. The van der Waals surface area contributed by atoms with Gasteiger partial charge in [0.1, 0.15) is 0 Å². The predicted molar refractivity (Wildman–Crippen MR) is 76.2 cm³/mol. The summed E-state index contributed by atoms with van der Waals surface area (Å²) in [7, 11) is 0. The van der Waals surface area contributed by atoms with E-state index in [2.05, 4.69) is 4.90 Å². The van der Waals surface area contributed by atoms with Crippen molar-refractivity contribution in [2.45, 2.75) is 82.0 Å². The van der Waals surface area contributed by atoms with E-state index in [1.165, 1.54) is 44.9 Å². The molecule has 3 aliphatic rings. The summed E-state index contributed by atoms with van der Waals surface area (Å²) in [5.74, 6) is 0. The number of rotatable bonds is 1. The third kappa shape index (κ3) is 3.14. The smallest absolute Gasteiger partial charge is 0.0697 e. The van der Waals surface area contributed by atoms with E-state index < -0.39 is 5.60 Å². The lowest BCUT2D eigenvalue weighted by Crippen LogP contribution is -2.53. The minimum atomic E-state index is -0.426. The molecule has 2 aliphatic heterocycles. The average molecular weight is 267 g/mol. The molecule has 0 bridgehead atoms. The molecule has 3 fully saturated rings. The highest BCUT2D eigenvalue weighted by Crippen LogP contribution is 2.40. The number of nitrogens with zero attached hydrogens (tertiary/aromatic N) is 1. The Hall–Kier alpha value is -0.120.